The summed E-state index contributed by atoms with van der Waals surface area (Å²) in [5.41, 5.74) is 0. The number of benzene rings is 1. The van der Waals surface area contributed by atoms with E-state index < -0.39 is 5.82 Å². The van der Waals surface area contributed by atoms with Gasteiger partial charge in [-0.25, -0.2) is 4.39 Å². The van der Waals surface area contributed by atoms with Gasteiger partial charge in [0.15, 0.2) is 11.6 Å². The molecule has 70 valence electrons. The Bertz CT molecular complexity index is 297. The quantitative estimate of drug-likeness (QED) is 0.572. The molecule has 1 aromatic carbocycles. The van der Waals surface area contributed by atoms with Crippen molar-refractivity contribution in [3.05, 3.63) is 36.7 Å². The van der Waals surface area contributed by atoms with Gasteiger partial charge in [0.2, 0.25) is 0 Å². The first-order valence-electron chi connectivity index (χ1n) is 3.96. The Morgan fingerprint density at radius 1 is 1.54 bits per heavy atom. The van der Waals surface area contributed by atoms with Crippen molar-refractivity contribution in [1.29, 1.82) is 0 Å². The first-order chi connectivity index (χ1) is 6.24. The minimum Gasteiger partial charge on any atom is -0.508 e. The molecule has 0 aliphatic rings. The Balaban J connectivity index is 2.61. The molecule has 2 nitrogen and oxygen atoms in total. The third-order valence-electron chi connectivity index (χ3n) is 1.50. The lowest BCUT2D eigenvalue weighted by Crippen LogP contribution is -1.97. The third-order valence-corrected chi connectivity index (χ3v) is 1.50. The minimum atomic E-state index is -0.552. The molecule has 0 amide bonds. The van der Waals surface area contributed by atoms with Crippen molar-refractivity contribution in [2.75, 3.05) is 6.61 Å². The molecule has 0 bridgehead atoms. The molecule has 0 unspecified atom stereocenters. The topological polar surface area (TPSA) is 29.5 Å². The highest BCUT2D eigenvalue weighted by molar-refractivity contribution is 5.32. The molecular weight excluding hydrogens is 171 g/mol. The van der Waals surface area contributed by atoms with Gasteiger partial charge in [-0.15, -0.1) is 6.58 Å². The van der Waals surface area contributed by atoms with E-state index in [9.17, 15) is 4.39 Å². The van der Waals surface area contributed by atoms with Gasteiger partial charge in [-0.3, -0.25) is 0 Å². The number of phenolic OH excluding ortho intramolecular Hbond substituents is 1. The van der Waals surface area contributed by atoms with Crippen LogP contribution >= 0.6 is 0 Å². The molecule has 0 saturated heterocycles. The molecule has 3 heteroatoms. The van der Waals surface area contributed by atoms with E-state index in [0.29, 0.717) is 13.0 Å². The van der Waals surface area contributed by atoms with Gasteiger partial charge in [-0.2, -0.15) is 0 Å². The van der Waals surface area contributed by atoms with E-state index in [0.717, 1.165) is 6.07 Å². The van der Waals surface area contributed by atoms with Crippen LogP contribution in [0.1, 0.15) is 6.42 Å². The van der Waals surface area contributed by atoms with Gasteiger partial charge in [0.1, 0.15) is 5.75 Å². The van der Waals surface area contributed by atoms with Crippen LogP contribution in [0, 0.1) is 5.82 Å². The summed E-state index contributed by atoms with van der Waals surface area (Å²) >= 11 is 0. The van der Waals surface area contributed by atoms with Gasteiger partial charge in [-0.1, -0.05) is 6.08 Å². The molecule has 13 heavy (non-hydrogen) atoms. The average Bonchev–Trinajstić information content (AvgIpc) is 2.09. The summed E-state index contributed by atoms with van der Waals surface area (Å²) in [4.78, 5) is 0. The van der Waals surface area contributed by atoms with Gasteiger partial charge < -0.3 is 9.84 Å². The molecule has 0 fully saturated rings. The van der Waals surface area contributed by atoms with Gasteiger partial charge >= 0.3 is 0 Å². The highest BCUT2D eigenvalue weighted by Gasteiger charge is 2.02. The molecule has 0 aromatic heterocycles. The van der Waals surface area contributed by atoms with Crippen molar-refractivity contribution < 1.29 is 14.2 Å². The van der Waals surface area contributed by atoms with Crippen LogP contribution in [0.25, 0.3) is 0 Å². The maximum atomic E-state index is 13.0. The lowest BCUT2D eigenvalue weighted by molar-refractivity contribution is 0.307. The predicted octanol–water partition coefficient (Wildman–Crippen LogP) is 2.49. The Kier molecular flexibility index (Phi) is 3.31. The summed E-state index contributed by atoms with van der Waals surface area (Å²) in [6, 6.07) is 3.79. The molecule has 1 aromatic rings. The SMILES string of the molecule is C=CCCOc1ccc(O)cc1F. The maximum Gasteiger partial charge on any atom is 0.168 e. The van der Waals surface area contributed by atoms with Crippen LogP contribution in [0.15, 0.2) is 30.9 Å². The highest BCUT2D eigenvalue weighted by Crippen LogP contribution is 2.21. The van der Waals surface area contributed by atoms with Gasteiger partial charge in [0.05, 0.1) is 6.61 Å². The number of hydrogen-bond acceptors (Lipinski definition) is 2. The van der Waals surface area contributed by atoms with Crippen LogP contribution < -0.4 is 4.74 Å². The van der Waals surface area contributed by atoms with E-state index in [2.05, 4.69) is 6.58 Å². The predicted molar refractivity (Wildman–Crippen MR) is 48.4 cm³/mol. The Labute approximate surface area is 76.3 Å². The zero-order chi connectivity index (χ0) is 9.68. The van der Waals surface area contributed by atoms with Crippen LogP contribution in [0.5, 0.6) is 11.5 Å². The van der Waals surface area contributed by atoms with Crippen molar-refractivity contribution in [2.45, 2.75) is 6.42 Å². The second-order valence-corrected chi connectivity index (χ2v) is 2.54. The normalized spacial score (nSPS) is 9.62. The van der Waals surface area contributed by atoms with E-state index in [4.69, 9.17) is 9.84 Å². The number of ether oxygens (including phenoxy) is 1. The van der Waals surface area contributed by atoms with Crippen molar-refractivity contribution in [3.63, 3.8) is 0 Å². The Hall–Kier alpha value is -1.51. The third kappa shape index (κ3) is 2.78. The number of halogens is 1. The standard InChI is InChI=1S/C10H11FO2/c1-2-3-6-13-10-5-4-8(12)7-9(10)11/h2,4-5,7,12H,1,3,6H2. The minimum absolute atomic E-state index is 0.103. The highest BCUT2D eigenvalue weighted by atomic mass is 19.1. The summed E-state index contributed by atoms with van der Waals surface area (Å²) in [6.07, 6.45) is 2.36. The van der Waals surface area contributed by atoms with E-state index in [1.807, 2.05) is 0 Å². The Morgan fingerprint density at radius 3 is 2.92 bits per heavy atom. The first-order valence-corrected chi connectivity index (χ1v) is 3.96. The van der Waals surface area contributed by atoms with Crippen LogP contribution in [-0.4, -0.2) is 11.7 Å². The summed E-state index contributed by atoms with van der Waals surface area (Å²) in [6.45, 7) is 3.91. The Morgan fingerprint density at radius 2 is 2.31 bits per heavy atom. The van der Waals surface area contributed by atoms with Crippen molar-refractivity contribution in [3.8, 4) is 11.5 Å². The van der Waals surface area contributed by atoms with Crippen molar-refractivity contribution >= 4 is 0 Å². The zero-order valence-corrected chi connectivity index (χ0v) is 7.16. The van der Waals surface area contributed by atoms with Gasteiger partial charge in [0, 0.05) is 6.07 Å². The van der Waals surface area contributed by atoms with Crippen LogP contribution in [0.2, 0.25) is 0 Å². The fraction of sp³-hybridized carbons (Fsp3) is 0.200. The molecule has 0 aliphatic carbocycles. The molecule has 1 rings (SSSR count). The first kappa shape index (κ1) is 9.58. The average molecular weight is 182 g/mol. The number of hydrogen-bond donors (Lipinski definition) is 1. The summed E-state index contributed by atoms with van der Waals surface area (Å²) < 4.78 is 18.0. The van der Waals surface area contributed by atoms with Crippen molar-refractivity contribution in [2.24, 2.45) is 0 Å². The van der Waals surface area contributed by atoms with Gasteiger partial charge in [-0.05, 0) is 18.6 Å². The molecule has 0 radical (unpaired) electrons. The molecule has 0 saturated carbocycles. The van der Waals surface area contributed by atoms with E-state index >= 15 is 0 Å². The molecular formula is C10H11FO2. The van der Waals surface area contributed by atoms with Crippen LogP contribution in [0.3, 0.4) is 0 Å². The lowest BCUT2D eigenvalue weighted by Gasteiger charge is -2.05. The van der Waals surface area contributed by atoms with Crippen LogP contribution in [-0.2, 0) is 0 Å². The zero-order valence-electron chi connectivity index (χ0n) is 7.16. The van der Waals surface area contributed by atoms with Crippen molar-refractivity contribution in [1.82, 2.24) is 0 Å². The number of rotatable bonds is 4. The maximum absolute atomic E-state index is 13.0. The van der Waals surface area contributed by atoms with E-state index in [-0.39, 0.29) is 11.5 Å². The summed E-state index contributed by atoms with van der Waals surface area (Å²) in [5, 5.41) is 8.90. The van der Waals surface area contributed by atoms with E-state index in [1.165, 1.54) is 12.1 Å². The molecule has 0 aliphatic heterocycles. The fourth-order valence-corrected chi connectivity index (χ4v) is 0.859. The molecule has 1 N–H and O–H groups in total. The monoisotopic (exact) mass is 182 g/mol. The second-order valence-electron chi connectivity index (χ2n) is 2.54. The van der Waals surface area contributed by atoms with Crippen LogP contribution in [0.4, 0.5) is 4.39 Å². The van der Waals surface area contributed by atoms with Gasteiger partial charge in [0.25, 0.3) is 0 Å². The molecule has 0 heterocycles. The van der Waals surface area contributed by atoms with E-state index in [1.54, 1.807) is 6.08 Å². The largest absolute Gasteiger partial charge is 0.508 e. The molecule has 0 spiro atoms. The molecule has 0 atom stereocenters. The smallest absolute Gasteiger partial charge is 0.168 e. The second kappa shape index (κ2) is 4.50. The summed E-state index contributed by atoms with van der Waals surface area (Å²) in [7, 11) is 0. The number of phenols is 1. The lowest BCUT2D eigenvalue weighted by atomic mass is 10.3. The number of aromatic hydroxyl groups is 1. The summed E-state index contributed by atoms with van der Waals surface area (Å²) in [5.74, 6) is -0.503. The fourth-order valence-electron chi connectivity index (χ4n) is 0.859.